The van der Waals surface area contributed by atoms with Gasteiger partial charge >= 0.3 is 0 Å². The van der Waals surface area contributed by atoms with Crippen LogP contribution < -0.4 is 4.90 Å². The van der Waals surface area contributed by atoms with Gasteiger partial charge in [-0.25, -0.2) is 0 Å². The maximum atomic E-state index is 2.47. The quantitative estimate of drug-likeness (QED) is 0.139. The summed E-state index contributed by atoms with van der Waals surface area (Å²) < 4.78 is 2.55. The van der Waals surface area contributed by atoms with E-state index in [1.807, 2.05) is 11.3 Å². The lowest BCUT2D eigenvalue weighted by molar-refractivity contribution is 1.30. The molecule has 0 atom stereocenters. The molecule has 346 valence electrons. The van der Waals surface area contributed by atoms with Gasteiger partial charge in [0, 0.05) is 37.1 Å². The number of hydrogen-bond donors (Lipinski definition) is 0. The molecule has 0 saturated heterocycles. The topological polar surface area (TPSA) is 3.24 Å². The molecule has 13 aromatic carbocycles. The van der Waals surface area contributed by atoms with Gasteiger partial charge in [-0.1, -0.05) is 243 Å². The van der Waals surface area contributed by atoms with Crippen LogP contribution in [0.3, 0.4) is 0 Å². The molecular formula is C72H47NS. The number of anilines is 3. The van der Waals surface area contributed by atoms with Crippen LogP contribution in [-0.2, 0) is 0 Å². The molecule has 0 saturated carbocycles. The first-order valence-corrected chi connectivity index (χ1v) is 26.2. The van der Waals surface area contributed by atoms with Crippen LogP contribution in [0.5, 0.6) is 0 Å². The van der Waals surface area contributed by atoms with E-state index in [1.165, 1.54) is 114 Å². The zero-order valence-corrected chi connectivity index (χ0v) is 41.3. The molecule has 0 radical (unpaired) electrons. The first kappa shape index (κ1) is 43.4. The van der Waals surface area contributed by atoms with E-state index < -0.39 is 0 Å². The third kappa shape index (κ3) is 7.55. The van der Waals surface area contributed by atoms with Gasteiger partial charge in [0.1, 0.15) is 0 Å². The number of nitrogens with zero attached hydrogens (tertiary/aromatic N) is 1. The fourth-order valence-corrected chi connectivity index (χ4v) is 12.7. The highest BCUT2D eigenvalue weighted by molar-refractivity contribution is 7.26. The van der Waals surface area contributed by atoms with Crippen LogP contribution in [0.4, 0.5) is 17.1 Å². The predicted molar refractivity (Wildman–Crippen MR) is 319 cm³/mol. The van der Waals surface area contributed by atoms with Gasteiger partial charge in [0.15, 0.2) is 0 Å². The molecule has 0 aliphatic rings. The molecule has 0 N–H and O–H groups in total. The molecule has 0 fully saturated rings. The zero-order chi connectivity index (χ0) is 49.0. The molecule has 1 heterocycles. The van der Waals surface area contributed by atoms with Gasteiger partial charge in [-0.3, -0.25) is 0 Å². The molecule has 0 amide bonds. The Bertz CT molecular complexity index is 4410. The van der Waals surface area contributed by atoms with Crippen molar-refractivity contribution in [1.82, 2.24) is 0 Å². The van der Waals surface area contributed by atoms with E-state index in [0.29, 0.717) is 0 Å². The van der Waals surface area contributed by atoms with Crippen LogP contribution in [0.2, 0.25) is 0 Å². The van der Waals surface area contributed by atoms with Gasteiger partial charge in [-0.05, 0) is 136 Å². The molecule has 0 aliphatic carbocycles. The van der Waals surface area contributed by atoms with Crippen molar-refractivity contribution in [3.8, 4) is 66.8 Å². The molecule has 1 nitrogen and oxygen atoms in total. The van der Waals surface area contributed by atoms with Crippen LogP contribution in [0.25, 0.3) is 119 Å². The Morgan fingerprint density at radius 1 is 0.243 bits per heavy atom. The number of hydrogen-bond acceptors (Lipinski definition) is 2. The highest BCUT2D eigenvalue weighted by Gasteiger charge is 2.23. The summed E-state index contributed by atoms with van der Waals surface area (Å²) in [5.74, 6) is 0. The van der Waals surface area contributed by atoms with E-state index in [2.05, 4.69) is 290 Å². The maximum Gasteiger partial charge on any atom is 0.0555 e. The van der Waals surface area contributed by atoms with E-state index in [1.54, 1.807) is 0 Å². The summed E-state index contributed by atoms with van der Waals surface area (Å²) in [7, 11) is 0. The lowest BCUT2D eigenvalue weighted by Crippen LogP contribution is -2.10. The van der Waals surface area contributed by atoms with Gasteiger partial charge in [-0.15, -0.1) is 11.3 Å². The number of benzene rings is 13. The van der Waals surface area contributed by atoms with Crippen molar-refractivity contribution in [3.63, 3.8) is 0 Å². The molecule has 0 bridgehead atoms. The van der Waals surface area contributed by atoms with Crippen molar-refractivity contribution in [3.05, 3.63) is 285 Å². The lowest BCUT2D eigenvalue weighted by Gasteiger charge is -2.27. The number of rotatable bonds is 9. The summed E-state index contributed by atoms with van der Waals surface area (Å²) in [6.07, 6.45) is 0. The van der Waals surface area contributed by atoms with E-state index >= 15 is 0 Å². The van der Waals surface area contributed by atoms with E-state index in [0.717, 1.165) is 22.6 Å². The minimum Gasteiger partial charge on any atom is -0.310 e. The summed E-state index contributed by atoms with van der Waals surface area (Å²) in [6, 6.07) is 105. The molecule has 74 heavy (non-hydrogen) atoms. The Morgan fingerprint density at radius 3 is 1.28 bits per heavy atom. The first-order valence-electron chi connectivity index (χ1n) is 25.4. The van der Waals surface area contributed by atoms with Crippen LogP contribution in [0.15, 0.2) is 285 Å². The van der Waals surface area contributed by atoms with Gasteiger partial charge in [0.25, 0.3) is 0 Å². The summed E-state index contributed by atoms with van der Waals surface area (Å²) in [4.78, 5) is 2.47. The van der Waals surface area contributed by atoms with Gasteiger partial charge in [0.05, 0.1) is 5.69 Å². The second-order valence-electron chi connectivity index (χ2n) is 19.1. The summed E-state index contributed by atoms with van der Waals surface area (Å²) in [5, 5.41) is 10.0. The average Bonchev–Trinajstić information content (AvgIpc) is 3.90. The molecule has 14 rings (SSSR count). The minimum absolute atomic E-state index is 1.09. The highest BCUT2D eigenvalue weighted by atomic mass is 32.1. The van der Waals surface area contributed by atoms with Gasteiger partial charge < -0.3 is 4.90 Å². The number of thiophene rings is 1. The third-order valence-corrected chi connectivity index (χ3v) is 16.1. The predicted octanol–water partition coefficient (Wildman–Crippen LogP) is 21.0. The fraction of sp³-hybridized carbons (Fsp3) is 0. The van der Waals surface area contributed by atoms with E-state index in [4.69, 9.17) is 0 Å². The van der Waals surface area contributed by atoms with Crippen LogP contribution in [0, 0.1) is 0 Å². The Balaban J connectivity index is 0.917. The normalized spacial score (nSPS) is 11.5. The Hall–Kier alpha value is -9.34. The third-order valence-electron chi connectivity index (χ3n) is 14.9. The van der Waals surface area contributed by atoms with E-state index in [9.17, 15) is 0 Å². The first-order chi connectivity index (χ1) is 36.7. The fourth-order valence-electron chi connectivity index (χ4n) is 11.4. The maximum absolute atomic E-state index is 2.47. The summed E-state index contributed by atoms with van der Waals surface area (Å²) >= 11 is 1.89. The van der Waals surface area contributed by atoms with Crippen LogP contribution >= 0.6 is 11.3 Å². The van der Waals surface area contributed by atoms with Crippen LogP contribution in [0.1, 0.15) is 0 Å². The van der Waals surface area contributed by atoms with Crippen LogP contribution in [-0.4, -0.2) is 0 Å². The molecule has 2 heteroatoms. The highest BCUT2D eigenvalue weighted by Crippen LogP contribution is 2.50. The average molecular weight is 958 g/mol. The van der Waals surface area contributed by atoms with Gasteiger partial charge in [-0.2, -0.15) is 0 Å². The Kier molecular flexibility index (Phi) is 10.8. The summed E-state index contributed by atoms with van der Waals surface area (Å²) in [5.41, 5.74) is 17.9. The molecule has 0 unspecified atom stereocenters. The monoisotopic (exact) mass is 957 g/mol. The number of fused-ring (bicyclic) bond motifs is 6. The van der Waals surface area contributed by atoms with Crippen molar-refractivity contribution >= 4 is 80.9 Å². The zero-order valence-electron chi connectivity index (χ0n) is 40.5. The lowest BCUT2D eigenvalue weighted by atomic mass is 9.88. The van der Waals surface area contributed by atoms with Crippen molar-refractivity contribution in [1.29, 1.82) is 0 Å². The van der Waals surface area contributed by atoms with Crippen molar-refractivity contribution in [2.24, 2.45) is 0 Å². The molecule has 0 spiro atoms. The second-order valence-corrected chi connectivity index (χ2v) is 20.2. The SMILES string of the molecule is c1cc(-c2ccc(N(c3ccc(-c4ccccc4-c4ccccc4-c4cccc5ccccc45)cc3)c3ccc(-c4cccc5ccccc45)c4sc5ccccc5c34)cc2)cc(-c2cccc3ccccc23)c1. The smallest absolute Gasteiger partial charge is 0.0555 e. The molecule has 14 aromatic rings. The minimum atomic E-state index is 1.09. The molecular weight excluding hydrogens is 911 g/mol. The molecule has 1 aromatic heterocycles. The standard InChI is InChI=1S/C72H47NS/c1-4-25-57-49(17-1)20-14-33-61(57)54-24-13-23-53(47-54)48-37-41-55(42-38-48)73(69-46-45-67(64-35-16-22-51-19-3-6-27-59(51)64)72-71(69)68-32-11-12-36-70(68)74-72)56-43-39-52(40-44-56)60-28-7-8-29-62(60)65-30-9-10-31-66(65)63-34-15-21-50-18-2-5-26-58(50)63/h1-47H. The molecule has 0 aliphatic heterocycles. The Labute approximate surface area is 435 Å². The van der Waals surface area contributed by atoms with E-state index in [-0.39, 0.29) is 0 Å². The Morgan fingerprint density at radius 2 is 0.662 bits per heavy atom. The summed E-state index contributed by atoms with van der Waals surface area (Å²) in [6.45, 7) is 0. The van der Waals surface area contributed by atoms with Crippen molar-refractivity contribution < 1.29 is 0 Å². The van der Waals surface area contributed by atoms with Crippen molar-refractivity contribution in [2.75, 3.05) is 4.90 Å². The largest absolute Gasteiger partial charge is 0.310 e. The second kappa shape index (κ2) is 18.4. The van der Waals surface area contributed by atoms with Crippen molar-refractivity contribution in [2.45, 2.75) is 0 Å². The van der Waals surface area contributed by atoms with Gasteiger partial charge in [0.2, 0.25) is 0 Å².